The van der Waals surface area contributed by atoms with E-state index in [0.29, 0.717) is 12.5 Å². The Bertz CT molecular complexity index is 894. The lowest BCUT2D eigenvalue weighted by atomic mass is 9.88. The Balaban J connectivity index is 1.48. The van der Waals surface area contributed by atoms with Gasteiger partial charge in [0.05, 0.1) is 5.92 Å². The molecule has 2 aromatic rings. The molecular weight excluding hydrogens is 336 g/mol. The van der Waals surface area contributed by atoms with Gasteiger partial charge in [-0.1, -0.05) is 35.9 Å². The second-order valence-corrected chi connectivity index (χ2v) is 8.32. The number of hydrogen-bond acceptors (Lipinski definition) is 3. The number of carbonyl (C=O) groups excluding carboxylic acids is 1. The molecule has 3 aliphatic rings. The molecule has 3 aliphatic heterocycles. The number of likely N-dealkylation sites (tertiary alicyclic amines) is 1. The number of para-hydroxylation sites is 1. The van der Waals surface area contributed by atoms with Crippen molar-refractivity contribution in [2.45, 2.75) is 31.7 Å². The Kier molecular flexibility index (Phi) is 3.97. The van der Waals surface area contributed by atoms with Crippen LogP contribution in [0.3, 0.4) is 0 Å². The number of rotatable bonds is 1. The maximum atomic E-state index is 13.6. The molecule has 0 spiro atoms. The van der Waals surface area contributed by atoms with Crippen LogP contribution in [-0.4, -0.2) is 43.6 Å². The second-order valence-electron chi connectivity index (χ2n) is 8.32. The quantitative estimate of drug-likeness (QED) is 0.780. The van der Waals surface area contributed by atoms with Crippen molar-refractivity contribution in [1.29, 1.82) is 0 Å². The van der Waals surface area contributed by atoms with E-state index in [4.69, 9.17) is 4.74 Å². The third-order valence-corrected chi connectivity index (χ3v) is 6.42. The van der Waals surface area contributed by atoms with Gasteiger partial charge < -0.3 is 14.5 Å². The highest BCUT2D eigenvalue weighted by Crippen LogP contribution is 2.46. The minimum Gasteiger partial charge on any atom is -0.492 e. The van der Waals surface area contributed by atoms with Gasteiger partial charge in [-0.05, 0) is 56.6 Å². The minimum atomic E-state index is -0.104. The summed E-state index contributed by atoms with van der Waals surface area (Å²) in [7, 11) is 2.18. The van der Waals surface area contributed by atoms with E-state index in [-0.39, 0.29) is 17.9 Å². The molecule has 0 N–H and O–H groups in total. The first-order chi connectivity index (χ1) is 13.1. The van der Waals surface area contributed by atoms with Gasteiger partial charge in [0.2, 0.25) is 5.91 Å². The maximum Gasteiger partial charge on any atom is 0.234 e. The van der Waals surface area contributed by atoms with E-state index in [1.54, 1.807) is 0 Å². The van der Waals surface area contributed by atoms with Crippen molar-refractivity contribution >= 4 is 11.6 Å². The molecule has 1 saturated heterocycles. The lowest BCUT2D eigenvalue weighted by Crippen LogP contribution is -2.50. The summed E-state index contributed by atoms with van der Waals surface area (Å²) < 4.78 is 5.92. The average molecular weight is 362 g/mol. The molecule has 5 rings (SSSR count). The Morgan fingerprint density at radius 3 is 2.93 bits per heavy atom. The van der Waals surface area contributed by atoms with Gasteiger partial charge in [-0.3, -0.25) is 4.79 Å². The summed E-state index contributed by atoms with van der Waals surface area (Å²) in [5.41, 5.74) is 4.88. The van der Waals surface area contributed by atoms with E-state index in [1.807, 2.05) is 18.2 Å². The van der Waals surface area contributed by atoms with Gasteiger partial charge in [0, 0.05) is 24.2 Å². The molecule has 140 valence electrons. The molecule has 0 bridgehead atoms. The molecule has 3 atom stereocenters. The lowest BCUT2D eigenvalue weighted by molar-refractivity contribution is -0.124. The van der Waals surface area contributed by atoms with Gasteiger partial charge in [-0.2, -0.15) is 0 Å². The highest BCUT2D eigenvalue weighted by atomic mass is 16.5. The van der Waals surface area contributed by atoms with Gasteiger partial charge in [-0.25, -0.2) is 0 Å². The van der Waals surface area contributed by atoms with E-state index in [9.17, 15) is 4.79 Å². The molecule has 0 aromatic heterocycles. The molecule has 0 aliphatic carbocycles. The summed E-state index contributed by atoms with van der Waals surface area (Å²) in [6, 6.07) is 14.9. The number of anilines is 1. The second kappa shape index (κ2) is 6.38. The number of piperidine rings is 1. The van der Waals surface area contributed by atoms with Crippen molar-refractivity contribution in [3.8, 4) is 5.75 Å². The summed E-state index contributed by atoms with van der Waals surface area (Å²) in [6.07, 6.45) is 1.80. The molecular formula is C23H26N2O2. The molecule has 27 heavy (non-hydrogen) atoms. The standard InChI is InChI=1S/C23H26N2O2/c1-15-7-8-20-18(11-15)19-13-24(2)10-9-21(19)25(20)23(26)17-12-16-5-3-4-6-22(16)27-14-17/h3-8,11,17,19,21H,9-10,12-14H2,1-2H3. The monoisotopic (exact) mass is 362 g/mol. The van der Waals surface area contributed by atoms with Crippen molar-refractivity contribution in [2.24, 2.45) is 5.92 Å². The third kappa shape index (κ3) is 2.74. The minimum absolute atomic E-state index is 0.104. The predicted molar refractivity (Wildman–Crippen MR) is 106 cm³/mol. The molecule has 1 fully saturated rings. The SMILES string of the molecule is Cc1ccc2c(c1)C1CN(C)CCC1N2C(=O)C1COc2ccccc2C1. The molecule has 0 radical (unpaired) electrons. The number of benzene rings is 2. The number of aryl methyl sites for hydroxylation is 1. The van der Waals surface area contributed by atoms with Crippen molar-refractivity contribution in [2.75, 3.05) is 31.6 Å². The number of hydrogen-bond donors (Lipinski definition) is 0. The van der Waals surface area contributed by atoms with Gasteiger partial charge in [-0.15, -0.1) is 0 Å². The smallest absolute Gasteiger partial charge is 0.234 e. The van der Waals surface area contributed by atoms with E-state index in [2.05, 4.69) is 48.0 Å². The van der Waals surface area contributed by atoms with Crippen LogP contribution in [-0.2, 0) is 11.2 Å². The normalized spacial score (nSPS) is 26.7. The summed E-state index contributed by atoms with van der Waals surface area (Å²) in [5, 5.41) is 0. The number of fused-ring (bicyclic) bond motifs is 4. The number of nitrogens with zero attached hydrogens (tertiary/aromatic N) is 2. The summed E-state index contributed by atoms with van der Waals surface area (Å²) in [6.45, 7) is 4.68. The molecule has 3 unspecified atom stereocenters. The van der Waals surface area contributed by atoms with Gasteiger partial charge >= 0.3 is 0 Å². The van der Waals surface area contributed by atoms with Crippen molar-refractivity contribution in [1.82, 2.24) is 4.90 Å². The molecule has 2 aromatic carbocycles. The number of likely N-dealkylation sites (N-methyl/N-ethyl adjacent to an activating group) is 1. The van der Waals surface area contributed by atoms with Gasteiger partial charge in [0.1, 0.15) is 12.4 Å². The fourth-order valence-corrected chi connectivity index (χ4v) is 5.05. The Morgan fingerprint density at radius 2 is 2.04 bits per heavy atom. The Labute approximate surface area is 160 Å². The highest BCUT2D eigenvalue weighted by Gasteiger charge is 2.45. The van der Waals surface area contributed by atoms with Crippen molar-refractivity contribution in [3.63, 3.8) is 0 Å². The fourth-order valence-electron chi connectivity index (χ4n) is 5.05. The first-order valence-electron chi connectivity index (χ1n) is 9.94. The number of amides is 1. The van der Waals surface area contributed by atoms with Crippen LogP contribution in [0.2, 0.25) is 0 Å². The number of ether oxygens (including phenoxy) is 1. The van der Waals surface area contributed by atoms with Crippen LogP contribution in [0.5, 0.6) is 5.75 Å². The van der Waals surface area contributed by atoms with Gasteiger partial charge in [0.25, 0.3) is 0 Å². The van der Waals surface area contributed by atoms with Crippen LogP contribution < -0.4 is 9.64 Å². The van der Waals surface area contributed by atoms with E-state index < -0.39 is 0 Å². The van der Waals surface area contributed by atoms with Crippen LogP contribution in [0.25, 0.3) is 0 Å². The lowest BCUT2D eigenvalue weighted by Gasteiger charge is -2.38. The van der Waals surface area contributed by atoms with Gasteiger partial charge in [0.15, 0.2) is 0 Å². The van der Waals surface area contributed by atoms with Crippen LogP contribution in [0, 0.1) is 12.8 Å². The van der Waals surface area contributed by atoms with E-state index in [1.165, 1.54) is 11.1 Å². The van der Waals surface area contributed by atoms with Crippen molar-refractivity contribution in [3.05, 3.63) is 59.2 Å². The van der Waals surface area contributed by atoms with Crippen LogP contribution in [0.4, 0.5) is 5.69 Å². The summed E-state index contributed by atoms with van der Waals surface area (Å²) in [5.74, 6) is 1.47. The summed E-state index contributed by atoms with van der Waals surface area (Å²) in [4.78, 5) is 18.1. The topological polar surface area (TPSA) is 32.8 Å². The maximum absolute atomic E-state index is 13.6. The first kappa shape index (κ1) is 16.8. The molecule has 4 heteroatoms. The van der Waals surface area contributed by atoms with Crippen LogP contribution in [0.15, 0.2) is 42.5 Å². The third-order valence-electron chi connectivity index (χ3n) is 6.42. The predicted octanol–water partition coefficient (Wildman–Crippen LogP) is 3.38. The zero-order valence-corrected chi connectivity index (χ0v) is 16.0. The number of carbonyl (C=O) groups is 1. The molecule has 0 saturated carbocycles. The Hall–Kier alpha value is -2.33. The first-order valence-corrected chi connectivity index (χ1v) is 9.94. The van der Waals surface area contributed by atoms with E-state index in [0.717, 1.165) is 42.9 Å². The highest BCUT2D eigenvalue weighted by molar-refractivity contribution is 5.98. The molecule has 1 amide bonds. The average Bonchev–Trinajstić information content (AvgIpc) is 3.00. The molecule has 3 heterocycles. The van der Waals surface area contributed by atoms with Crippen molar-refractivity contribution < 1.29 is 9.53 Å². The Morgan fingerprint density at radius 1 is 1.19 bits per heavy atom. The zero-order chi connectivity index (χ0) is 18.5. The van der Waals surface area contributed by atoms with Crippen LogP contribution >= 0.6 is 0 Å². The largest absolute Gasteiger partial charge is 0.492 e. The molecule has 4 nitrogen and oxygen atoms in total. The van der Waals surface area contributed by atoms with E-state index >= 15 is 0 Å². The zero-order valence-electron chi connectivity index (χ0n) is 16.0. The fraction of sp³-hybridized carbons (Fsp3) is 0.435. The summed E-state index contributed by atoms with van der Waals surface area (Å²) >= 11 is 0. The van der Waals surface area contributed by atoms with Crippen LogP contribution in [0.1, 0.15) is 29.0 Å².